The number of benzene rings is 1. The van der Waals surface area contributed by atoms with Crippen molar-refractivity contribution in [2.75, 3.05) is 6.26 Å². The average molecular weight is 369 g/mol. The van der Waals surface area contributed by atoms with Gasteiger partial charge in [0.1, 0.15) is 0 Å². The number of nitrogens with zero attached hydrogens (tertiary/aromatic N) is 1. The molecule has 4 aliphatic rings. The van der Waals surface area contributed by atoms with Gasteiger partial charge in [-0.05, 0) is 68.2 Å². The van der Waals surface area contributed by atoms with Crippen LogP contribution in [-0.2, 0) is 6.54 Å². The smallest absolute Gasteiger partial charge is 0.167 e. The van der Waals surface area contributed by atoms with E-state index in [0.717, 1.165) is 41.3 Å². The third-order valence-corrected chi connectivity index (χ3v) is 7.68. The Morgan fingerprint density at radius 2 is 1.77 bits per heavy atom. The van der Waals surface area contributed by atoms with Crippen molar-refractivity contribution < 1.29 is 4.52 Å². The highest BCUT2D eigenvalue weighted by molar-refractivity contribution is 7.98. The summed E-state index contributed by atoms with van der Waals surface area (Å²) in [6.45, 7) is 0.832. The lowest BCUT2D eigenvalue weighted by Gasteiger charge is -2.49. The maximum Gasteiger partial charge on any atom is 0.167 e. The number of hydrogen-bond acceptors (Lipinski definition) is 4. The number of nitrogens with one attached hydrogen (secondary N) is 1. The van der Waals surface area contributed by atoms with Crippen LogP contribution in [0.4, 0.5) is 0 Å². The van der Waals surface area contributed by atoms with Crippen molar-refractivity contribution in [2.45, 2.75) is 61.9 Å². The van der Waals surface area contributed by atoms with Crippen LogP contribution in [0.15, 0.2) is 39.8 Å². The Balaban J connectivity index is 1.28. The minimum absolute atomic E-state index is 0.367. The van der Waals surface area contributed by atoms with E-state index in [4.69, 9.17) is 4.52 Å². The van der Waals surface area contributed by atoms with E-state index in [9.17, 15) is 0 Å². The van der Waals surface area contributed by atoms with E-state index in [-0.39, 0.29) is 0 Å². The second-order valence-corrected chi connectivity index (χ2v) is 9.68. The predicted octanol–water partition coefficient (Wildman–Crippen LogP) is 5.51. The van der Waals surface area contributed by atoms with Crippen LogP contribution in [0.25, 0.3) is 11.3 Å². The molecule has 4 fully saturated rings. The highest BCUT2D eigenvalue weighted by Crippen LogP contribution is 2.53. The van der Waals surface area contributed by atoms with Crippen molar-refractivity contribution in [3.63, 3.8) is 0 Å². The summed E-state index contributed by atoms with van der Waals surface area (Å²) in [5.41, 5.74) is 2.50. The summed E-state index contributed by atoms with van der Waals surface area (Å²) < 4.78 is 5.62. The SMILES string of the molecule is CSc1ccc(-c2cc(CN[C@@]34CC5CC[C@H](CC(C5)C3)C4)no2)cc1. The minimum atomic E-state index is 0.367. The first kappa shape index (κ1) is 16.9. The van der Waals surface area contributed by atoms with E-state index in [1.54, 1.807) is 11.8 Å². The Kier molecular flexibility index (Phi) is 4.36. The molecule has 0 aliphatic heterocycles. The van der Waals surface area contributed by atoms with Crippen LogP contribution in [0.2, 0.25) is 0 Å². The van der Waals surface area contributed by atoms with E-state index in [1.807, 2.05) is 0 Å². The van der Waals surface area contributed by atoms with Crippen molar-refractivity contribution in [1.82, 2.24) is 10.5 Å². The van der Waals surface area contributed by atoms with Gasteiger partial charge in [-0.3, -0.25) is 0 Å². The molecule has 4 heteroatoms. The molecule has 6 rings (SSSR count). The Bertz CT molecular complexity index is 753. The molecule has 2 unspecified atom stereocenters. The Morgan fingerprint density at radius 1 is 1.08 bits per heavy atom. The Morgan fingerprint density at radius 3 is 2.46 bits per heavy atom. The molecule has 4 saturated carbocycles. The fourth-order valence-electron chi connectivity index (χ4n) is 5.97. The molecule has 4 bridgehead atoms. The first-order valence-electron chi connectivity index (χ1n) is 10.1. The topological polar surface area (TPSA) is 38.1 Å². The van der Waals surface area contributed by atoms with Crippen LogP contribution in [0, 0.1) is 17.8 Å². The third kappa shape index (κ3) is 3.22. The van der Waals surface area contributed by atoms with Crippen molar-refractivity contribution in [3.8, 4) is 11.3 Å². The number of aromatic nitrogens is 1. The molecule has 1 aromatic carbocycles. The molecule has 1 N–H and O–H groups in total. The van der Waals surface area contributed by atoms with Crippen molar-refractivity contribution in [3.05, 3.63) is 36.0 Å². The van der Waals surface area contributed by atoms with Crippen molar-refractivity contribution in [1.29, 1.82) is 0 Å². The molecule has 0 spiro atoms. The van der Waals surface area contributed by atoms with Crippen LogP contribution in [0.5, 0.6) is 0 Å². The maximum absolute atomic E-state index is 5.62. The number of rotatable bonds is 5. The quantitative estimate of drug-likeness (QED) is 0.706. The van der Waals surface area contributed by atoms with Crippen LogP contribution < -0.4 is 5.32 Å². The van der Waals surface area contributed by atoms with Gasteiger partial charge in [0.05, 0.1) is 5.69 Å². The van der Waals surface area contributed by atoms with Crippen molar-refractivity contribution in [2.24, 2.45) is 17.8 Å². The van der Waals surface area contributed by atoms with E-state index in [1.165, 1.54) is 49.8 Å². The molecule has 0 radical (unpaired) electrons. The summed E-state index contributed by atoms with van der Waals surface area (Å²) >= 11 is 1.76. The van der Waals surface area contributed by atoms with E-state index in [2.05, 4.69) is 47.1 Å². The number of thioether (sulfide) groups is 1. The molecule has 1 heterocycles. The zero-order valence-electron chi connectivity index (χ0n) is 15.5. The van der Waals surface area contributed by atoms with Gasteiger partial charge in [0.25, 0.3) is 0 Å². The van der Waals surface area contributed by atoms with Gasteiger partial charge in [0.15, 0.2) is 5.76 Å². The van der Waals surface area contributed by atoms with Gasteiger partial charge >= 0.3 is 0 Å². The Labute approximate surface area is 160 Å². The molecule has 4 aliphatic carbocycles. The minimum Gasteiger partial charge on any atom is -0.356 e. The standard InChI is InChI=1S/C22H28N2OS/c1-26-20-6-4-18(5-7-20)21-10-19(24-25-21)14-23-22-11-15-2-3-16(12-22)9-17(8-15)13-22/h4-7,10,15-17,23H,2-3,8-9,11-14H2,1H3/t15-,16?,17?,22+/m1/s1. The first-order chi connectivity index (χ1) is 12.7. The lowest BCUT2D eigenvalue weighted by molar-refractivity contribution is 0.0714. The van der Waals surface area contributed by atoms with Crippen LogP contribution >= 0.6 is 11.8 Å². The third-order valence-electron chi connectivity index (χ3n) is 6.93. The number of hydrogen-bond donors (Lipinski definition) is 1. The van der Waals surface area contributed by atoms with Crippen LogP contribution in [0.1, 0.15) is 50.6 Å². The summed E-state index contributed by atoms with van der Waals surface area (Å²) in [6.07, 6.45) is 12.1. The molecule has 1 aromatic heterocycles. The number of fused-ring (bicyclic) bond motifs is 1. The zero-order valence-corrected chi connectivity index (χ0v) is 16.4. The van der Waals surface area contributed by atoms with Gasteiger partial charge in [0.2, 0.25) is 0 Å². The molecular formula is C22H28N2OS. The summed E-state index contributed by atoms with van der Waals surface area (Å²) in [7, 11) is 0. The van der Waals surface area contributed by atoms with Crippen LogP contribution in [-0.4, -0.2) is 17.0 Å². The summed E-state index contributed by atoms with van der Waals surface area (Å²) in [6, 6.07) is 10.6. The van der Waals surface area contributed by atoms with Crippen molar-refractivity contribution >= 4 is 11.8 Å². The maximum atomic E-state index is 5.62. The second kappa shape index (κ2) is 6.72. The van der Waals surface area contributed by atoms with Gasteiger partial charge in [-0.15, -0.1) is 11.8 Å². The molecule has 4 atom stereocenters. The van der Waals surface area contributed by atoms with Crippen LogP contribution in [0.3, 0.4) is 0 Å². The Hall–Kier alpha value is -1.26. The molecule has 138 valence electrons. The summed E-state index contributed by atoms with van der Waals surface area (Å²) in [5.74, 6) is 3.75. The van der Waals surface area contributed by atoms with Gasteiger partial charge in [-0.2, -0.15) is 0 Å². The fourth-order valence-corrected chi connectivity index (χ4v) is 6.38. The largest absolute Gasteiger partial charge is 0.356 e. The predicted molar refractivity (Wildman–Crippen MR) is 106 cm³/mol. The second-order valence-electron chi connectivity index (χ2n) is 8.80. The van der Waals surface area contributed by atoms with Gasteiger partial charge in [-0.1, -0.05) is 30.1 Å². The monoisotopic (exact) mass is 368 g/mol. The zero-order chi connectivity index (χ0) is 17.6. The molecule has 0 saturated heterocycles. The highest BCUT2D eigenvalue weighted by atomic mass is 32.2. The molecule has 26 heavy (non-hydrogen) atoms. The van der Waals surface area contributed by atoms with E-state index in [0.29, 0.717) is 5.54 Å². The van der Waals surface area contributed by atoms with E-state index >= 15 is 0 Å². The normalized spacial score (nSPS) is 32.7. The lowest BCUT2D eigenvalue weighted by Crippen LogP contribution is -2.53. The van der Waals surface area contributed by atoms with Gasteiger partial charge in [-0.25, -0.2) is 0 Å². The molecule has 0 amide bonds. The molecule has 3 nitrogen and oxygen atoms in total. The first-order valence-corrected chi connectivity index (χ1v) is 11.3. The summed E-state index contributed by atoms with van der Waals surface area (Å²) in [5, 5.41) is 8.27. The molecule has 2 aromatic rings. The van der Waals surface area contributed by atoms with Gasteiger partial charge < -0.3 is 9.84 Å². The summed E-state index contributed by atoms with van der Waals surface area (Å²) in [4.78, 5) is 1.27. The molecular weight excluding hydrogens is 340 g/mol. The average Bonchev–Trinajstić information content (AvgIpc) is 3.03. The van der Waals surface area contributed by atoms with E-state index < -0.39 is 0 Å². The van der Waals surface area contributed by atoms with Gasteiger partial charge in [0, 0.05) is 28.6 Å². The highest BCUT2D eigenvalue weighted by Gasteiger charge is 2.48. The lowest BCUT2D eigenvalue weighted by atomic mass is 9.63. The fraction of sp³-hybridized carbons (Fsp3) is 0.591.